The summed E-state index contributed by atoms with van der Waals surface area (Å²) in [6.07, 6.45) is 0. The average Bonchev–Trinajstić information content (AvgIpc) is 2.25. The molecule has 0 spiro atoms. The summed E-state index contributed by atoms with van der Waals surface area (Å²) in [5, 5.41) is 1.12. The molecule has 1 aromatic carbocycles. The maximum absolute atomic E-state index is 10.8. The van der Waals surface area contributed by atoms with Crippen LogP contribution in [0.4, 0.5) is 0 Å². The predicted octanol–water partition coefficient (Wildman–Crippen LogP) is 2.82. The van der Waals surface area contributed by atoms with Gasteiger partial charge in [-0.3, -0.25) is 9.78 Å². The van der Waals surface area contributed by atoms with Crippen LogP contribution in [0.25, 0.3) is 10.9 Å². The molecule has 2 aromatic rings. The van der Waals surface area contributed by atoms with Gasteiger partial charge in [-0.25, -0.2) is 0 Å². The van der Waals surface area contributed by atoms with Gasteiger partial charge in [0.25, 0.3) is 0 Å². The number of Topliss-reactive ketones (excluding diaryl/α,β-unsaturated/α-hetero) is 1. The first-order valence-electron chi connectivity index (χ1n) is 5.56. The molecule has 0 unspecified atom stereocenters. The highest BCUT2D eigenvalue weighted by atomic mass is 16.5. The van der Waals surface area contributed by atoms with E-state index in [1.165, 1.54) is 12.5 Å². The minimum absolute atomic E-state index is 0.0125. The number of hydrogen-bond donors (Lipinski definition) is 0. The van der Waals surface area contributed by atoms with Crippen LogP contribution in [-0.4, -0.2) is 17.4 Å². The fraction of sp³-hybridized carbons (Fsp3) is 0.286. The summed E-state index contributed by atoms with van der Waals surface area (Å²) in [6, 6.07) is 7.78. The topological polar surface area (TPSA) is 39.2 Å². The predicted molar refractivity (Wildman–Crippen MR) is 67.4 cm³/mol. The van der Waals surface area contributed by atoms with Crippen molar-refractivity contribution in [1.29, 1.82) is 0 Å². The van der Waals surface area contributed by atoms with Crippen molar-refractivity contribution in [3.05, 3.63) is 35.5 Å². The van der Waals surface area contributed by atoms with Crippen molar-refractivity contribution in [1.82, 2.24) is 4.98 Å². The third-order valence-corrected chi connectivity index (χ3v) is 2.56. The van der Waals surface area contributed by atoms with Crippen molar-refractivity contribution in [2.45, 2.75) is 20.8 Å². The number of rotatable bonds is 3. The number of nitrogens with zero attached hydrogens (tertiary/aromatic N) is 1. The summed E-state index contributed by atoms with van der Waals surface area (Å²) in [5.41, 5.74) is 3.09. The smallest absolute Gasteiger partial charge is 0.167 e. The fourth-order valence-electron chi connectivity index (χ4n) is 1.83. The Bertz CT molecular complexity index is 576. The zero-order valence-corrected chi connectivity index (χ0v) is 10.3. The summed E-state index contributed by atoms with van der Waals surface area (Å²) in [4.78, 5) is 15.3. The molecule has 1 heterocycles. The van der Waals surface area contributed by atoms with Crippen LogP contribution in [-0.2, 0) is 4.79 Å². The number of carbonyl (C=O) groups excluding carboxylic acids is 1. The van der Waals surface area contributed by atoms with E-state index in [9.17, 15) is 4.79 Å². The highest BCUT2D eigenvalue weighted by molar-refractivity contribution is 5.83. The van der Waals surface area contributed by atoms with Gasteiger partial charge in [-0.05, 0) is 44.5 Å². The van der Waals surface area contributed by atoms with Gasteiger partial charge < -0.3 is 4.74 Å². The summed E-state index contributed by atoms with van der Waals surface area (Å²) in [5.74, 6) is 0.698. The van der Waals surface area contributed by atoms with Crippen LogP contribution in [0.15, 0.2) is 24.3 Å². The first-order chi connectivity index (χ1) is 8.06. The van der Waals surface area contributed by atoms with Crippen molar-refractivity contribution in [2.24, 2.45) is 0 Å². The Balaban J connectivity index is 2.39. The van der Waals surface area contributed by atoms with Crippen LogP contribution in [0.5, 0.6) is 5.75 Å². The lowest BCUT2D eigenvalue weighted by atomic mass is 10.1. The Morgan fingerprint density at radius 2 is 2.06 bits per heavy atom. The molecule has 0 aliphatic rings. The van der Waals surface area contributed by atoms with Gasteiger partial charge in [0.15, 0.2) is 5.78 Å². The third-order valence-electron chi connectivity index (χ3n) is 2.56. The second kappa shape index (κ2) is 4.53. The van der Waals surface area contributed by atoms with Crippen molar-refractivity contribution in [3.63, 3.8) is 0 Å². The van der Waals surface area contributed by atoms with Gasteiger partial charge in [0.1, 0.15) is 12.4 Å². The molecule has 0 saturated heterocycles. The van der Waals surface area contributed by atoms with Crippen LogP contribution >= 0.6 is 0 Å². The van der Waals surface area contributed by atoms with Gasteiger partial charge in [-0.15, -0.1) is 0 Å². The molecule has 1 aromatic heterocycles. The quantitative estimate of drug-likeness (QED) is 0.812. The van der Waals surface area contributed by atoms with E-state index >= 15 is 0 Å². The molecule has 3 heteroatoms. The molecule has 3 nitrogen and oxygen atoms in total. The Morgan fingerprint density at radius 3 is 2.76 bits per heavy atom. The van der Waals surface area contributed by atoms with Crippen LogP contribution in [0.1, 0.15) is 18.2 Å². The van der Waals surface area contributed by atoms with Gasteiger partial charge in [-0.2, -0.15) is 0 Å². The standard InChI is InChI=1S/C14H15NO2/c1-9-6-10(2)15-14-7-12(4-5-13(9)14)17-8-11(3)16/h4-7H,8H2,1-3H3. The molecule has 0 radical (unpaired) electrons. The van der Waals surface area contributed by atoms with E-state index in [1.54, 1.807) is 0 Å². The molecule has 0 aliphatic carbocycles. The van der Waals surface area contributed by atoms with Crippen molar-refractivity contribution in [2.75, 3.05) is 6.61 Å². The monoisotopic (exact) mass is 229 g/mol. The molecule has 0 atom stereocenters. The molecule has 17 heavy (non-hydrogen) atoms. The van der Waals surface area contributed by atoms with Gasteiger partial charge in [-0.1, -0.05) is 0 Å². The van der Waals surface area contributed by atoms with Gasteiger partial charge in [0.05, 0.1) is 5.52 Å². The van der Waals surface area contributed by atoms with E-state index < -0.39 is 0 Å². The number of benzene rings is 1. The Kier molecular flexibility index (Phi) is 3.09. The second-order valence-corrected chi connectivity index (χ2v) is 4.25. The third kappa shape index (κ3) is 2.61. The second-order valence-electron chi connectivity index (χ2n) is 4.25. The number of hydrogen-bond acceptors (Lipinski definition) is 3. The summed E-state index contributed by atoms with van der Waals surface area (Å²) < 4.78 is 5.37. The van der Waals surface area contributed by atoms with Crippen LogP contribution in [0.3, 0.4) is 0 Å². The van der Waals surface area contributed by atoms with E-state index in [4.69, 9.17) is 4.74 Å². The van der Waals surface area contributed by atoms with Crippen molar-refractivity contribution in [3.8, 4) is 5.75 Å². The van der Waals surface area contributed by atoms with Crippen LogP contribution in [0.2, 0.25) is 0 Å². The molecule has 0 fully saturated rings. The molecule has 2 rings (SSSR count). The van der Waals surface area contributed by atoms with Crippen molar-refractivity contribution >= 4 is 16.7 Å². The van der Waals surface area contributed by atoms with E-state index in [-0.39, 0.29) is 12.4 Å². The molecule has 0 saturated carbocycles. The zero-order chi connectivity index (χ0) is 12.4. The van der Waals surface area contributed by atoms with E-state index in [2.05, 4.69) is 18.0 Å². The van der Waals surface area contributed by atoms with E-state index in [1.807, 2.05) is 25.1 Å². The normalized spacial score (nSPS) is 10.5. The Labute approximate surface area is 100 Å². The zero-order valence-electron chi connectivity index (χ0n) is 10.3. The molecule has 0 bridgehead atoms. The van der Waals surface area contributed by atoms with Crippen LogP contribution < -0.4 is 4.74 Å². The minimum Gasteiger partial charge on any atom is -0.486 e. The maximum atomic E-state index is 10.8. The lowest BCUT2D eigenvalue weighted by Gasteiger charge is -2.07. The summed E-state index contributed by atoms with van der Waals surface area (Å²) in [7, 11) is 0. The van der Waals surface area contributed by atoms with Crippen molar-refractivity contribution < 1.29 is 9.53 Å². The number of aryl methyl sites for hydroxylation is 2. The van der Waals surface area contributed by atoms with Gasteiger partial charge >= 0.3 is 0 Å². The lowest BCUT2D eigenvalue weighted by Crippen LogP contribution is -2.06. The summed E-state index contributed by atoms with van der Waals surface area (Å²) >= 11 is 0. The van der Waals surface area contributed by atoms with Gasteiger partial charge in [0, 0.05) is 17.1 Å². The summed E-state index contributed by atoms with van der Waals surface area (Å²) in [6.45, 7) is 5.65. The molecule has 0 aliphatic heterocycles. The Morgan fingerprint density at radius 1 is 1.29 bits per heavy atom. The number of ketones is 1. The highest BCUT2D eigenvalue weighted by Crippen LogP contribution is 2.22. The van der Waals surface area contributed by atoms with Gasteiger partial charge in [0.2, 0.25) is 0 Å². The maximum Gasteiger partial charge on any atom is 0.167 e. The molecular weight excluding hydrogens is 214 g/mol. The molecule has 88 valence electrons. The molecule has 0 N–H and O–H groups in total. The largest absolute Gasteiger partial charge is 0.486 e. The molecular formula is C14H15NO2. The highest BCUT2D eigenvalue weighted by Gasteiger charge is 2.03. The first kappa shape index (κ1) is 11.6. The number of pyridine rings is 1. The average molecular weight is 229 g/mol. The number of aromatic nitrogens is 1. The number of fused-ring (bicyclic) bond motifs is 1. The minimum atomic E-state index is 0.0125. The number of carbonyl (C=O) groups is 1. The Hall–Kier alpha value is -1.90. The van der Waals surface area contributed by atoms with E-state index in [0.717, 1.165) is 16.6 Å². The number of ether oxygens (including phenoxy) is 1. The lowest BCUT2D eigenvalue weighted by molar-refractivity contribution is -0.118. The van der Waals surface area contributed by atoms with Crippen LogP contribution in [0, 0.1) is 13.8 Å². The first-order valence-corrected chi connectivity index (χ1v) is 5.56. The molecule has 0 amide bonds. The SMILES string of the molecule is CC(=O)COc1ccc2c(C)cc(C)nc2c1. The van der Waals surface area contributed by atoms with E-state index in [0.29, 0.717) is 5.75 Å². The fourth-order valence-corrected chi connectivity index (χ4v) is 1.83.